The molecule has 1 atom stereocenters. The Labute approximate surface area is 147 Å². The van der Waals surface area contributed by atoms with E-state index in [0.717, 1.165) is 18.2 Å². The smallest absolute Gasteiger partial charge is 0.345 e. The number of nitrogens with one attached hydrogen (secondary N) is 2. The van der Waals surface area contributed by atoms with Crippen LogP contribution in [0.3, 0.4) is 0 Å². The molecule has 2 N–H and O–H groups in total. The van der Waals surface area contributed by atoms with E-state index in [1.807, 2.05) is 0 Å². The van der Waals surface area contributed by atoms with Gasteiger partial charge in [-0.25, -0.2) is 4.39 Å². The van der Waals surface area contributed by atoms with Crippen LogP contribution in [0, 0.1) is 5.82 Å². The highest BCUT2D eigenvalue weighted by molar-refractivity contribution is 5.97. The van der Waals surface area contributed by atoms with E-state index in [1.54, 1.807) is 18.2 Å². The number of hydrogen-bond acceptors (Lipinski definition) is 2. The molecule has 0 bridgehead atoms. The number of carbonyl (C=O) groups excluding carboxylic acids is 2. The summed E-state index contributed by atoms with van der Waals surface area (Å²) in [6.07, 6.45) is -5.74. The Morgan fingerprint density at radius 2 is 1.73 bits per heavy atom. The van der Waals surface area contributed by atoms with E-state index in [4.69, 9.17) is 0 Å². The zero-order chi connectivity index (χ0) is 19.3. The van der Waals surface area contributed by atoms with Gasteiger partial charge in [0, 0.05) is 12.5 Å². The molecule has 2 rings (SSSR count). The lowest BCUT2D eigenvalue weighted by atomic mass is 10.0. The number of rotatable bonds is 5. The number of hydrogen-bond donors (Lipinski definition) is 2. The summed E-state index contributed by atoms with van der Waals surface area (Å²) in [6.45, 7) is 1.17. The van der Waals surface area contributed by atoms with Gasteiger partial charge < -0.3 is 10.6 Å². The summed E-state index contributed by atoms with van der Waals surface area (Å²) in [5.41, 5.74) is -0.00198. The molecule has 8 heteroatoms. The molecule has 2 aromatic rings. The number of amides is 2. The second kappa shape index (κ2) is 7.99. The molecule has 4 nitrogen and oxygen atoms in total. The zero-order valence-corrected chi connectivity index (χ0v) is 13.7. The van der Waals surface area contributed by atoms with Crippen molar-refractivity contribution < 1.29 is 27.2 Å². The summed E-state index contributed by atoms with van der Waals surface area (Å²) in [6, 6.07) is 9.60. The van der Waals surface area contributed by atoms with Crippen LogP contribution in [0.1, 0.15) is 35.3 Å². The van der Waals surface area contributed by atoms with Gasteiger partial charge in [-0.1, -0.05) is 30.3 Å². The summed E-state index contributed by atoms with van der Waals surface area (Å²) in [5.74, 6) is -2.11. The van der Waals surface area contributed by atoms with Crippen LogP contribution in [-0.2, 0) is 4.79 Å². The van der Waals surface area contributed by atoms with Gasteiger partial charge in [-0.15, -0.1) is 0 Å². The Morgan fingerprint density at radius 3 is 2.31 bits per heavy atom. The molecule has 0 aliphatic rings. The van der Waals surface area contributed by atoms with Crippen LogP contribution in [0.25, 0.3) is 0 Å². The van der Waals surface area contributed by atoms with Gasteiger partial charge in [0.2, 0.25) is 5.91 Å². The van der Waals surface area contributed by atoms with Crippen molar-refractivity contribution in [2.24, 2.45) is 0 Å². The van der Waals surface area contributed by atoms with Gasteiger partial charge in [-0.05, 0) is 23.8 Å². The Balaban J connectivity index is 2.25. The van der Waals surface area contributed by atoms with Crippen LogP contribution in [0.2, 0.25) is 0 Å². The lowest BCUT2D eigenvalue weighted by Gasteiger charge is -2.21. The Hall–Kier alpha value is -2.90. The first-order chi connectivity index (χ1) is 12.2. The van der Waals surface area contributed by atoms with Crippen molar-refractivity contribution >= 4 is 17.5 Å². The third-order valence-electron chi connectivity index (χ3n) is 3.48. The van der Waals surface area contributed by atoms with Gasteiger partial charge in [0.25, 0.3) is 5.91 Å². The number of alkyl halides is 3. The van der Waals surface area contributed by atoms with Crippen molar-refractivity contribution in [1.29, 1.82) is 0 Å². The molecule has 0 spiro atoms. The van der Waals surface area contributed by atoms with E-state index in [1.165, 1.54) is 19.1 Å². The third kappa shape index (κ3) is 5.58. The Bertz CT molecular complexity index is 792. The summed E-state index contributed by atoms with van der Waals surface area (Å²) < 4.78 is 52.2. The van der Waals surface area contributed by atoms with Gasteiger partial charge in [0.15, 0.2) is 0 Å². The molecule has 0 radical (unpaired) electrons. The molecule has 0 aliphatic carbocycles. The largest absolute Gasteiger partial charge is 0.391 e. The number of anilines is 1. The van der Waals surface area contributed by atoms with Crippen molar-refractivity contribution in [2.75, 3.05) is 5.32 Å². The van der Waals surface area contributed by atoms with Crippen LogP contribution in [0.15, 0.2) is 48.5 Å². The predicted octanol–water partition coefficient (Wildman–Crippen LogP) is 4.21. The van der Waals surface area contributed by atoms with Crippen LogP contribution < -0.4 is 10.6 Å². The minimum atomic E-state index is -4.49. The number of halogens is 4. The van der Waals surface area contributed by atoms with E-state index >= 15 is 0 Å². The first kappa shape index (κ1) is 19.4. The quantitative estimate of drug-likeness (QED) is 0.777. The zero-order valence-electron chi connectivity index (χ0n) is 13.7. The van der Waals surface area contributed by atoms with Gasteiger partial charge in [-0.2, -0.15) is 13.2 Å². The summed E-state index contributed by atoms with van der Waals surface area (Å²) in [4.78, 5) is 23.4. The minimum Gasteiger partial charge on any atom is -0.345 e. The predicted molar refractivity (Wildman–Crippen MR) is 88.0 cm³/mol. The van der Waals surface area contributed by atoms with Crippen LogP contribution in [0.4, 0.5) is 23.2 Å². The normalized spacial score (nSPS) is 12.3. The van der Waals surface area contributed by atoms with Gasteiger partial charge in [0.1, 0.15) is 5.82 Å². The fraction of sp³-hybridized carbons (Fsp3) is 0.222. The van der Waals surface area contributed by atoms with Gasteiger partial charge in [0.05, 0.1) is 18.2 Å². The average Bonchev–Trinajstić information content (AvgIpc) is 2.55. The SMILES string of the molecule is CC(=O)Nc1cc(C(=O)N[C@H](CC(F)(F)F)c2ccccc2)ccc1F. The maximum Gasteiger partial charge on any atom is 0.391 e. The molecular formula is C18H16F4N2O2. The highest BCUT2D eigenvalue weighted by Crippen LogP contribution is 2.30. The third-order valence-corrected chi connectivity index (χ3v) is 3.48. The van der Waals surface area contributed by atoms with Crippen molar-refractivity contribution in [3.05, 3.63) is 65.5 Å². The first-order valence-electron chi connectivity index (χ1n) is 7.65. The van der Waals surface area contributed by atoms with Gasteiger partial charge >= 0.3 is 6.18 Å². The molecule has 26 heavy (non-hydrogen) atoms. The molecule has 138 valence electrons. The molecule has 0 unspecified atom stereocenters. The number of benzene rings is 2. The maximum atomic E-state index is 13.6. The fourth-order valence-corrected chi connectivity index (χ4v) is 2.36. The van der Waals surface area contributed by atoms with E-state index in [2.05, 4.69) is 10.6 Å². The Kier molecular flexibility index (Phi) is 5.97. The van der Waals surface area contributed by atoms with Crippen molar-refractivity contribution in [2.45, 2.75) is 25.6 Å². The van der Waals surface area contributed by atoms with Crippen molar-refractivity contribution in [3.63, 3.8) is 0 Å². The molecule has 0 aromatic heterocycles. The first-order valence-corrected chi connectivity index (χ1v) is 7.65. The molecule has 0 saturated carbocycles. The van der Waals surface area contributed by atoms with Crippen molar-refractivity contribution in [1.82, 2.24) is 5.32 Å². The molecule has 0 aliphatic heterocycles. The van der Waals surface area contributed by atoms with E-state index in [0.29, 0.717) is 5.56 Å². The summed E-state index contributed by atoms with van der Waals surface area (Å²) >= 11 is 0. The molecular weight excluding hydrogens is 352 g/mol. The lowest BCUT2D eigenvalue weighted by molar-refractivity contribution is -0.139. The van der Waals surface area contributed by atoms with Crippen molar-refractivity contribution in [3.8, 4) is 0 Å². The molecule has 0 heterocycles. The standard InChI is InChI=1S/C18H16F4N2O2/c1-11(25)23-15-9-13(7-8-14(15)19)17(26)24-16(10-18(20,21)22)12-5-3-2-4-6-12/h2-9,16H,10H2,1H3,(H,23,25)(H,24,26)/t16-/m1/s1. The van der Waals surface area contributed by atoms with E-state index in [9.17, 15) is 27.2 Å². The highest BCUT2D eigenvalue weighted by Gasteiger charge is 2.33. The lowest BCUT2D eigenvalue weighted by Crippen LogP contribution is -2.32. The summed E-state index contributed by atoms with van der Waals surface area (Å²) in [5, 5.41) is 4.53. The maximum absolute atomic E-state index is 13.6. The van der Waals surface area contributed by atoms with E-state index in [-0.39, 0.29) is 11.3 Å². The molecule has 0 saturated heterocycles. The average molecular weight is 368 g/mol. The number of carbonyl (C=O) groups is 2. The second-order valence-electron chi connectivity index (χ2n) is 5.63. The molecule has 2 amide bonds. The fourth-order valence-electron chi connectivity index (χ4n) is 2.36. The highest BCUT2D eigenvalue weighted by atomic mass is 19.4. The van der Waals surface area contributed by atoms with Crippen LogP contribution >= 0.6 is 0 Å². The molecule has 2 aromatic carbocycles. The topological polar surface area (TPSA) is 58.2 Å². The minimum absolute atomic E-state index is 0.0711. The monoisotopic (exact) mass is 368 g/mol. The second-order valence-corrected chi connectivity index (χ2v) is 5.63. The van der Waals surface area contributed by atoms with E-state index < -0.39 is 36.3 Å². The Morgan fingerprint density at radius 1 is 1.08 bits per heavy atom. The van der Waals surface area contributed by atoms with Crippen LogP contribution in [-0.4, -0.2) is 18.0 Å². The summed E-state index contributed by atoms with van der Waals surface area (Å²) in [7, 11) is 0. The van der Waals surface area contributed by atoms with Gasteiger partial charge in [-0.3, -0.25) is 9.59 Å². The van der Waals surface area contributed by atoms with Crippen LogP contribution in [0.5, 0.6) is 0 Å². The molecule has 0 fully saturated rings.